The Kier molecular flexibility index (Phi) is 6.91. The molecule has 184 valence electrons. The van der Waals surface area contributed by atoms with Crippen molar-refractivity contribution in [2.24, 2.45) is 5.92 Å². The molecule has 0 radical (unpaired) electrons. The lowest BCUT2D eigenvalue weighted by Gasteiger charge is -2.24. The molecule has 1 heterocycles. The van der Waals surface area contributed by atoms with Crippen LogP contribution in [0.2, 0.25) is 0 Å². The molecule has 0 fully saturated rings. The molecule has 3 aromatic rings. The molecule has 0 saturated carbocycles. The molecule has 35 heavy (non-hydrogen) atoms. The number of pyridine rings is 1. The van der Waals surface area contributed by atoms with Gasteiger partial charge in [0.05, 0.1) is 16.0 Å². The van der Waals surface area contributed by atoms with E-state index in [0.29, 0.717) is 28.1 Å². The number of sulfonamides is 1. The van der Waals surface area contributed by atoms with Crippen molar-refractivity contribution in [2.75, 3.05) is 26.0 Å². The number of amides is 1. The smallest absolute Gasteiger partial charge is 0.339 e. The lowest BCUT2D eigenvalue weighted by Crippen LogP contribution is -2.25. The summed E-state index contributed by atoms with van der Waals surface area (Å²) in [6.45, 7) is 3.33. The average Bonchev–Trinajstić information content (AvgIpc) is 2.82. The van der Waals surface area contributed by atoms with Gasteiger partial charge in [-0.25, -0.2) is 17.5 Å². The van der Waals surface area contributed by atoms with Crippen LogP contribution in [0.4, 0.5) is 5.69 Å². The number of hydrogen-bond acceptors (Lipinski definition) is 6. The number of aryl methyl sites for hydroxylation is 2. The van der Waals surface area contributed by atoms with E-state index in [4.69, 9.17) is 9.72 Å². The molecule has 1 amide bonds. The van der Waals surface area contributed by atoms with Crippen LogP contribution in [0.3, 0.4) is 0 Å². The van der Waals surface area contributed by atoms with Gasteiger partial charge in [0.25, 0.3) is 5.91 Å². The number of benzene rings is 2. The molecule has 2 aromatic carbocycles. The third-order valence-corrected chi connectivity index (χ3v) is 8.23. The van der Waals surface area contributed by atoms with Crippen LogP contribution in [0.5, 0.6) is 0 Å². The lowest BCUT2D eigenvalue weighted by atomic mass is 9.84. The van der Waals surface area contributed by atoms with Gasteiger partial charge in [-0.15, -0.1) is 0 Å². The third kappa shape index (κ3) is 5.06. The summed E-state index contributed by atoms with van der Waals surface area (Å²) in [6, 6.07) is 12.1. The Bertz CT molecular complexity index is 1420. The lowest BCUT2D eigenvalue weighted by molar-refractivity contribution is -0.119. The van der Waals surface area contributed by atoms with Crippen molar-refractivity contribution in [2.45, 2.75) is 38.0 Å². The molecule has 1 atom stereocenters. The predicted molar refractivity (Wildman–Crippen MR) is 134 cm³/mol. The van der Waals surface area contributed by atoms with Crippen molar-refractivity contribution in [1.82, 2.24) is 9.29 Å². The summed E-state index contributed by atoms with van der Waals surface area (Å²) in [6.07, 6.45) is 2.54. The summed E-state index contributed by atoms with van der Waals surface area (Å²) in [5, 5.41) is 3.33. The van der Waals surface area contributed by atoms with Crippen LogP contribution in [0.1, 0.15) is 40.5 Å². The molecule has 4 rings (SSSR count). The first-order chi connectivity index (χ1) is 16.6. The highest BCUT2D eigenvalue weighted by Gasteiger charge is 2.26. The molecule has 8 nitrogen and oxygen atoms in total. The Labute approximate surface area is 205 Å². The molecule has 1 aliphatic rings. The van der Waals surface area contributed by atoms with Crippen LogP contribution < -0.4 is 5.32 Å². The van der Waals surface area contributed by atoms with Gasteiger partial charge < -0.3 is 10.1 Å². The zero-order valence-electron chi connectivity index (χ0n) is 20.3. The second-order valence-corrected chi connectivity index (χ2v) is 11.3. The number of carbonyl (C=O) groups is 2. The van der Waals surface area contributed by atoms with E-state index in [-0.39, 0.29) is 4.90 Å². The molecule has 1 unspecified atom stereocenters. The van der Waals surface area contributed by atoms with Crippen molar-refractivity contribution in [3.8, 4) is 0 Å². The van der Waals surface area contributed by atoms with Crippen molar-refractivity contribution >= 4 is 38.5 Å². The third-order valence-electron chi connectivity index (χ3n) is 6.27. The minimum absolute atomic E-state index is 0.0984. The van der Waals surface area contributed by atoms with Crippen LogP contribution in [-0.4, -0.2) is 50.3 Å². The summed E-state index contributed by atoms with van der Waals surface area (Å²) < 4.78 is 31.6. The maximum atomic E-state index is 13.2. The van der Waals surface area contributed by atoms with Crippen molar-refractivity contribution in [1.29, 1.82) is 0 Å². The van der Waals surface area contributed by atoms with Gasteiger partial charge in [0.15, 0.2) is 6.61 Å². The number of carbonyl (C=O) groups excluding carboxylic acids is 2. The maximum absolute atomic E-state index is 13.2. The number of esters is 1. The summed E-state index contributed by atoms with van der Waals surface area (Å²) in [7, 11) is -0.779. The number of ether oxygens (including phenoxy) is 1. The van der Waals surface area contributed by atoms with Crippen LogP contribution in [0.25, 0.3) is 10.9 Å². The van der Waals surface area contributed by atoms with Crippen molar-refractivity contribution < 1.29 is 22.7 Å². The monoisotopic (exact) mass is 495 g/mol. The van der Waals surface area contributed by atoms with Gasteiger partial charge in [-0.05, 0) is 61.4 Å². The van der Waals surface area contributed by atoms with E-state index in [1.165, 1.54) is 20.2 Å². The van der Waals surface area contributed by atoms with Gasteiger partial charge in [0.1, 0.15) is 0 Å². The van der Waals surface area contributed by atoms with Crippen molar-refractivity contribution in [3.05, 3.63) is 64.8 Å². The van der Waals surface area contributed by atoms with Crippen molar-refractivity contribution in [3.63, 3.8) is 0 Å². The molecule has 1 aliphatic carbocycles. The van der Waals surface area contributed by atoms with E-state index < -0.39 is 28.5 Å². The fourth-order valence-corrected chi connectivity index (χ4v) is 5.49. The zero-order chi connectivity index (χ0) is 25.3. The van der Waals surface area contributed by atoms with Gasteiger partial charge in [-0.3, -0.25) is 9.78 Å². The summed E-state index contributed by atoms with van der Waals surface area (Å²) in [4.78, 5) is 30.6. The first kappa shape index (κ1) is 24.8. The van der Waals surface area contributed by atoms with Crippen LogP contribution in [0.15, 0.2) is 47.4 Å². The second kappa shape index (κ2) is 9.75. The Morgan fingerprint density at radius 2 is 1.91 bits per heavy atom. The minimum Gasteiger partial charge on any atom is -0.452 e. The highest BCUT2D eigenvalue weighted by Crippen LogP contribution is 2.32. The highest BCUT2D eigenvalue weighted by atomic mass is 32.2. The predicted octanol–water partition coefficient (Wildman–Crippen LogP) is 3.71. The number of para-hydroxylation sites is 1. The molecule has 1 N–H and O–H groups in total. The standard InChI is InChI=1S/C26H29N3O5S/c1-16-9-12-22-20(13-16)25(19-7-5-6-8-21(19)28-22)26(31)34-15-24(30)27-18-11-10-17(2)23(14-18)35(32,33)29(3)4/h5-8,10-11,14,16H,9,12-13,15H2,1-4H3,(H,27,30). The number of nitrogens with zero attached hydrogens (tertiary/aromatic N) is 2. The zero-order valence-corrected chi connectivity index (χ0v) is 21.1. The minimum atomic E-state index is -3.67. The molecular weight excluding hydrogens is 466 g/mol. The first-order valence-corrected chi connectivity index (χ1v) is 12.9. The topological polar surface area (TPSA) is 106 Å². The first-order valence-electron chi connectivity index (χ1n) is 11.5. The quantitative estimate of drug-likeness (QED) is 0.523. The number of rotatable bonds is 6. The van der Waals surface area contributed by atoms with E-state index >= 15 is 0 Å². The van der Waals surface area contributed by atoms with Crippen LogP contribution in [0, 0.1) is 12.8 Å². The van der Waals surface area contributed by atoms with Crippen LogP contribution in [-0.2, 0) is 32.4 Å². The van der Waals surface area contributed by atoms with E-state index in [1.54, 1.807) is 19.1 Å². The van der Waals surface area contributed by atoms with E-state index in [1.807, 2.05) is 24.3 Å². The van der Waals surface area contributed by atoms with Gasteiger partial charge in [0.2, 0.25) is 10.0 Å². The Morgan fingerprint density at radius 1 is 1.17 bits per heavy atom. The normalized spacial score (nSPS) is 15.6. The van der Waals surface area contributed by atoms with E-state index in [9.17, 15) is 18.0 Å². The van der Waals surface area contributed by atoms with Gasteiger partial charge in [-0.2, -0.15) is 0 Å². The summed E-state index contributed by atoms with van der Waals surface area (Å²) in [5.74, 6) is -0.700. The maximum Gasteiger partial charge on any atom is 0.339 e. The molecule has 0 bridgehead atoms. The Balaban J connectivity index is 1.53. The number of anilines is 1. The van der Waals surface area contributed by atoms with Gasteiger partial charge in [0, 0.05) is 30.9 Å². The molecule has 9 heteroatoms. The number of aromatic nitrogens is 1. The number of nitrogens with one attached hydrogen (secondary N) is 1. The summed E-state index contributed by atoms with van der Waals surface area (Å²) in [5.41, 5.74) is 3.87. The highest BCUT2D eigenvalue weighted by molar-refractivity contribution is 7.89. The van der Waals surface area contributed by atoms with Crippen LogP contribution >= 0.6 is 0 Å². The number of fused-ring (bicyclic) bond motifs is 2. The molecule has 1 aromatic heterocycles. The molecule has 0 aliphatic heterocycles. The molecule has 0 spiro atoms. The fraction of sp³-hybridized carbons (Fsp3) is 0.346. The van der Waals surface area contributed by atoms with E-state index in [2.05, 4.69) is 12.2 Å². The largest absolute Gasteiger partial charge is 0.452 e. The molecular formula is C26H29N3O5S. The van der Waals surface area contributed by atoms with E-state index in [0.717, 1.165) is 40.3 Å². The second-order valence-electron chi connectivity index (χ2n) is 9.17. The van der Waals surface area contributed by atoms with Gasteiger partial charge in [-0.1, -0.05) is 31.2 Å². The Hall–Kier alpha value is -3.30. The number of hydrogen-bond donors (Lipinski definition) is 1. The fourth-order valence-electron chi connectivity index (χ4n) is 4.35. The van der Waals surface area contributed by atoms with Gasteiger partial charge >= 0.3 is 5.97 Å². The Morgan fingerprint density at radius 3 is 2.66 bits per heavy atom. The average molecular weight is 496 g/mol. The SMILES string of the molecule is Cc1ccc(NC(=O)COC(=O)c2c3c(nc4ccccc24)CCC(C)C3)cc1S(=O)(=O)N(C)C. The summed E-state index contributed by atoms with van der Waals surface area (Å²) >= 11 is 0. The molecule has 0 saturated heterocycles.